The van der Waals surface area contributed by atoms with Crippen LogP contribution in [-0.2, 0) is 0 Å². The van der Waals surface area contributed by atoms with E-state index in [1.54, 1.807) is 12.1 Å². The molecule has 2 aromatic carbocycles. The highest BCUT2D eigenvalue weighted by Crippen LogP contribution is 2.40. The maximum Gasteiger partial charge on any atom is 0.0514 e. The van der Waals surface area contributed by atoms with Gasteiger partial charge in [-0.25, -0.2) is 0 Å². The van der Waals surface area contributed by atoms with Crippen molar-refractivity contribution in [3.05, 3.63) is 57.0 Å². The number of benzene rings is 2. The Kier molecular flexibility index (Phi) is 5.34. The van der Waals surface area contributed by atoms with Gasteiger partial charge in [0.1, 0.15) is 0 Å². The molecule has 2 rings (SSSR count). The van der Waals surface area contributed by atoms with Crippen LogP contribution in [0, 0.1) is 0 Å². The average molecular weight is 329 g/mol. The van der Waals surface area contributed by atoms with Gasteiger partial charge in [-0.05, 0) is 36.7 Å². The van der Waals surface area contributed by atoms with Gasteiger partial charge in [0.05, 0.1) is 10.0 Å². The lowest BCUT2D eigenvalue weighted by molar-refractivity contribution is 0.599. The molecule has 0 radical (unpaired) electrons. The van der Waals surface area contributed by atoms with E-state index in [0.29, 0.717) is 15.1 Å². The lowest BCUT2D eigenvalue weighted by atomic mass is 9.95. The van der Waals surface area contributed by atoms with Crippen molar-refractivity contribution in [3.63, 3.8) is 0 Å². The summed E-state index contributed by atoms with van der Waals surface area (Å²) in [5, 5.41) is 5.09. The van der Waals surface area contributed by atoms with Crippen molar-refractivity contribution in [1.29, 1.82) is 0 Å². The normalized spacial score (nSPS) is 12.4. The largest absolute Gasteiger partial charge is 0.310 e. The average Bonchev–Trinajstić information content (AvgIpc) is 2.38. The van der Waals surface area contributed by atoms with E-state index in [0.717, 1.165) is 17.7 Å². The molecular weight excluding hydrogens is 313 g/mol. The van der Waals surface area contributed by atoms with E-state index in [9.17, 15) is 0 Å². The smallest absolute Gasteiger partial charge is 0.0514 e. The van der Waals surface area contributed by atoms with Crippen LogP contribution in [0.1, 0.15) is 25.5 Å². The summed E-state index contributed by atoms with van der Waals surface area (Å²) in [7, 11) is 0. The van der Waals surface area contributed by atoms with Crippen LogP contribution in [0.3, 0.4) is 0 Å². The summed E-state index contributed by atoms with van der Waals surface area (Å²) in [6, 6.07) is 11.8. The van der Waals surface area contributed by atoms with Gasteiger partial charge in [0.2, 0.25) is 0 Å². The van der Waals surface area contributed by atoms with Crippen LogP contribution in [0.4, 0.5) is 0 Å². The fourth-order valence-electron chi connectivity index (χ4n) is 2.32. The van der Waals surface area contributed by atoms with Crippen molar-refractivity contribution < 1.29 is 0 Å². The van der Waals surface area contributed by atoms with Crippen LogP contribution in [0.15, 0.2) is 36.4 Å². The molecular formula is C16H16Cl3N. The molecule has 0 aromatic heterocycles. The first-order valence-corrected chi connectivity index (χ1v) is 7.65. The maximum absolute atomic E-state index is 6.33. The molecule has 2 aromatic rings. The Morgan fingerprint density at radius 3 is 2.25 bits per heavy atom. The van der Waals surface area contributed by atoms with E-state index in [1.807, 2.05) is 18.2 Å². The highest BCUT2D eigenvalue weighted by Gasteiger charge is 2.16. The monoisotopic (exact) mass is 327 g/mol. The van der Waals surface area contributed by atoms with E-state index < -0.39 is 0 Å². The minimum absolute atomic E-state index is 0.221. The number of hydrogen-bond donors (Lipinski definition) is 1. The zero-order valence-electron chi connectivity index (χ0n) is 11.4. The van der Waals surface area contributed by atoms with Gasteiger partial charge >= 0.3 is 0 Å². The van der Waals surface area contributed by atoms with Gasteiger partial charge in [-0.1, -0.05) is 66.0 Å². The molecule has 20 heavy (non-hydrogen) atoms. The molecule has 1 atom stereocenters. The molecule has 0 aliphatic carbocycles. The summed E-state index contributed by atoms with van der Waals surface area (Å²) in [6.07, 6.45) is 0. The summed E-state index contributed by atoms with van der Waals surface area (Å²) < 4.78 is 0. The highest BCUT2D eigenvalue weighted by molar-refractivity contribution is 6.41. The van der Waals surface area contributed by atoms with Crippen LogP contribution in [0.5, 0.6) is 0 Å². The third-order valence-corrected chi connectivity index (χ3v) is 4.03. The molecule has 0 amide bonds. The first-order chi connectivity index (χ1) is 9.54. The third kappa shape index (κ3) is 3.29. The molecule has 1 unspecified atom stereocenters. The van der Waals surface area contributed by atoms with Crippen LogP contribution < -0.4 is 5.32 Å². The molecule has 0 spiro atoms. The first kappa shape index (κ1) is 15.7. The van der Waals surface area contributed by atoms with Crippen LogP contribution >= 0.6 is 34.8 Å². The van der Waals surface area contributed by atoms with Gasteiger partial charge in [0.25, 0.3) is 0 Å². The van der Waals surface area contributed by atoms with Crippen molar-refractivity contribution in [2.45, 2.75) is 19.9 Å². The highest BCUT2D eigenvalue weighted by atomic mass is 35.5. The fourth-order valence-corrected chi connectivity index (χ4v) is 3.34. The van der Waals surface area contributed by atoms with E-state index in [4.69, 9.17) is 34.8 Å². The van der Waals surface area contributed by atoms with Crippen LogP contribution in [0.25, 0.3) is 11.1 Å². The van der Waals surface area contributed by atoms with Crippen molar-refractivity contribution in [2.24, 2.45) is 0 Å². The van der Waals surface area contributed by atoms with E-state index >= 15 is 0 Å². The van der Waals surface area contributed by atoms with Gasteiger partial charge < -0.3 is 5.32 Å². The second kappa shape index (κ2) is 6.82. The van der Waals surface area contributed by atoms with Crippen molar-refractivity contribution >= 4 is 34.8 Å². The molecule has 0 aliphatic heterocycles. The predicted molar refractivity (Wildman–Crippen MR) is 89.0 cm³/mol. The second-order valence-corrected chi connectivity index (χ2v) is 5.86. The van der Waals surface area contributed by atoms with E-state index in [1.165, 1.54) is 5.56 Å². The molecule has 0 fully saturated rings. The lowest BCUT2D eigenvalue weighted by Gasteiger charge is -2.19. The van der Waals surface area contributed by atoms with Crippen LogP contribution in [0.2, 0.25) is 15.1 Å². The zero-order valence-corrected chi connectivity index (χ0v) is 13.7. The van der Waals surface area contributed by atoms with Crippen molar-refractivity contribution in [3.8, 4) is 11.1 Å². The lowest BCUT2D eigenvalue weighted by Crippen LogP contribution is -2.18. The summed E-state index contributed by atoms with van der Waals surface area (Å²) in [5.41, 5.74) is 3.03. The molecule has 0 heterocycles. The fraction of sp³-hybridized carbons (Fsp3) is 0.250. The molecule has 0 saturated carbocycles. The minimum atomic E-state index is 0.221. The Labute approximate surface area is 134 Å². The number of rotatable bonds is 4. The second-order valence-electron chi connectivity index (χ2n) is 4.61. The standard InChI is InChI=1S/C16H16Cl3N/c1-3-20-10(2)12-6-4-5-7-13(12)16-14(18)8-11(17)9-15(16)19/h4-10,20H,3H2,1-2H3. The van der Waals surface area contributed by atoms with E-state index in [-0.39, 0.29) is 6.04 Å². The Balaban J connectivity index is 2.59. The molecule has 0 saturated heterocycles. The van der Waals surface area contributed by atoms with Gasteiger partial charge in [-0.15, -0.1) is 0 Å². The summed E-state index contributed by atoms with van der Waals surface area (Å²) in [4.78, 5) is 0. The molecule has 0 aliphatic rings. The van der Waals surface area contributed by atoms with Gasteiger partial charge in [0.15, 0.2) is 0 Å². The van der Waals surface area contributed by atoms with Crippen molar-refractivity contribution in [1.82, 2.24) is 5.32 Å². The van der Waals surface area contributed by atoms with Crippen LogP contribution in [-0.4, -0.2) is 6.54 Å². The summed E-state index contributed by atoms with van der Waals surface area (Å²) in [5.74, 6) is 0. The number of hydrogen-bond acceptors (Lipinski definition) is 1. The van der Waals surface area contributed by atoms with E-state index in [2.05, 4.69) is 25.2 Å². The predicted octanol–water partition coefficient (Wildman–Crippen LogP) is 5.98. The maximum atomic E-state index is 6.33. The summed E-state index contributed by atoms with van der Waals surface area (Å²) in [6.45, 7) is 5.11. The Morgan fingerprint density at radius 2 is 1.65 bits per heavy atom. The van der Waals surface area contributed by atoms with Gasteiger partial charge in [-0.2, -0.15) is 0 Å². The molecule has 106 valence electrons. The van der Waals surface area contributed by atoms with Gasteiger partial charge in [0, 0.05) is 16.6 Å². The Morgan fingerprint density at radius 1 is 1.05 bits per heavy atom. The zero-order chi connectivity index (χ0) is 14.7. The summed E-state index contributed by atoms with van der Waals surface area (Å²) >= 11 is 18.6. The molecule has 1 nitrogen and oxygen atoms in total. The SMILES string of the molecule is CCNC(C)c1ccccc1-c1c(Cl)cc(Cl)cc1Cl. The first-order valence-electron chi connectivity index (χ1n) is 6.51. The topological polar surface area (TPSA) is 12.0 Å². The Hall–Kier alpha value is -0.730. The molecule has 1 N–H and O–H groups in total. The van der Waals surface area contributed by atoms with Gasteiger partial charge in [-0.3, -0.25) is 0 Å². The third-order valence-electron chi connectivity index (χ3n) is 3.21. The molecule has 4 heteroatoms. The number of nitrogens with one attached hydrogen (secondary N) is 1. The minimum Gasteiger partial charge on any atom is -0.310 e. The Bertz CT molecular complexity index is 587. The van der Waals surface area contributed by atoms with Crippen molar-refractivity contribution in [2.75, 3.05) is 6.54 Å². The quantitative estimate of drug-likeness (QED) is 0.727. The number of halogens is 3. The molecule has 0 bridgehead atoms.